The van der Waals surface area contributed by atoms with Gasteiger partial charge in [0.25, 0.3) is 5.91 Å². The SMILES string of the molecule is CCc1ccc(C(=O)NCC(Br)CC(C)C)s1. The van der Waals surface area contributed by atoms with Gasteiger partial charge in [-0.1, -0.05) is 36.7 Å². The predicted molar refractivity (Wildman–Crippen MR) is 78.2 cm³/mol. The van der Waals surface area contributed by atoms with Crippen molar-refractivity contribution in [3.8, 4) is 0 Å². The Bertz CT molecular complexity index is 362. The Morgan fingerprint density at radius 2 is 2.18 bits per heavy atom. The van der Waals surface area contributed by atoms with Gasteiger partial charge in [-0.15, -0.1) is 11.3 Å². The minimum Gasteiger partial charge on any atom is -0.350 e. The van der Waals surface area contributed by atoms with Crippen LogP contribution in [0.1, 0.15) is 41.7 Å². The van der Waals surface area contributed by atoms with E-state index in [-0.39, 0.29) is 5.91 Å². The van der Waals surface area contributed by atoms with Gasteiger partial charge in [-0.25, -0.2) is 0 Å². The summed E-state index contributed by atoms with van der Waals surface area (Å²) in [6.45, 7) is 7.16. The standard InChI is InChI=1S/C13H20BrNOS/c1-4-11-5-6-12(17-11)13(16)15-8-10(14)7-9(2)3/h5-6,9-10H,4,7-8H2,1-3H3,(H,15,16). The van der Waals surface area contributed by atoms with E-state index in [1.54, 1.807) is 11.3 Å². The fraction of sp³-hybridized carbons (Fsp3) is 0.615. The van der Waals surface area contributed by atoms with Crippen LogP contribution in [-0.4, -0.2) is 17.3 Å². The Morgan fingerprint density at radius 3 is 2.71 bits per heavy atom. The van der Waals surface area contributed by atoms with Crippen molar-refractivity contribution in [2.75, 3.05) is 6.54 Å². The van der Waals surface area contributed by atoms with Crippen LogP contribution in [0.3, 0.4) is 0 Å². The number of hydrogen-bond donors (Lipinski definition) is 1. The van der Waals surface area contributed by atoms with Gasteiger partial charge < -0.3 is 5.32 Å². The van der Waals surface area contributed by atoms with E-state index in [4.69, 9.17) is 0 Å². The molecule has 1 aromatic heterocycles. The number of nitrogens with one attached hydrogen (secondary N) is 1. The minimum atomic E-state index is 0.0444. The molecule has 2 nitrogen and oxygen atoms in total. The van der Waals surface area contributed by atoms with E-state index in [1.807, 2.05) is 12.1 Å². The fourth-order valence-corrected chi connectivity index (χ4v) is 3.35. The molecule has 0 radical (unpaired) electrons. The van der Waals surface area contributed by atoms with Gasteiger partial charge in [0.15, 0.2) is 0 Å². The van der Waals surface area contributed by atoms with Crippen LogP contribution in [0.4, 0.5) is 0 Å². The number of rotatable bonds is 6. The number of carbonyl (C=O) groups is 1. The van der Waals surface area contributed by atoms with E-state index in [2.05, 4.69) is 42.0 Å². The second kappa shape index (κ2) is 7.17. The van der Waals surface area contributed by atoms with Crippen LogP contribution in [0.25, 0.3) is 0 Å². The molecule has 0 saturated carbocycles. The molecule has 1 aromatic rings. The maximum absolute atomic E-state index is 11.8. The molecular weight excluding hydrogens is 298 g/mol. The summed E-state index contributed by atoms with van der Waals surface area (Å²) in [6.07, 6.45) is 2.07. The maximum atomic E-state index is 11.8. The number of halogens is 1. The van der Waals surface area contributed by atoms with Crippen LogP contribution in [0, 0.1) is 5.92 Å². The highest BCUT2D eigenvalue weighted by atomic mass is 79.9. The molecule has 0 aliphatic carbocycles. The Morgan fingerprint density at radius 1 is 1.47 bits per heavy atom. The molecule has 1 rings (SSSR count). The lowest BCUT2D eigenvalue weighted by Gasteiger charge is -2.12. The van der Waals surface area contributed by atoms with E-state index in [9.17, 15) is 4.79 Å². The van der Waals surface area contributed by atoms with Crippen LogP contribution < -0.4 is 5.32 Å². The van der Waals surface area contributed by atoms with Gasteiger partial charge in [0.05, 0.1) is 4.88 Å². The highest BCUT2D eigenvalue weighted by Gasteiger charge is 2.11. The number of thiophene rings is 1. The Kier molecular flexibility index (Phi) is 6.20. The second-order valence-electron chi connectivity index (χ2n) is 4.56. The average molecular weight is 318 g/mol. The largest absolute Gasteiger partial charge is 0.350 e. The van der Waals surface area contributed by atoms with Gasteiger partial charge in [-0.05, 0) is 30.9 Å². The highest BCUT2D eigenvalue weighted by Crippen LogP contribution is 2.17. The summed E-state index contributed by atoms with van der Waals surface area (Å²) < 4.78 is 0. The van der Waals surface area contributed by atoms with E-state index >= 15 is 0 Å². The van der Waals surface area contributed by atoms with E-state index < -0.39 is 0 Å². The molecule has 1 N–H and O–H groups in total. The van der Waals surface area contributed by atoms with Gasteiger partial charge in [0.2, 0.25) is 0 Å². The van der Waals surface area contributed by atoms with Gasteiger partial charge in [-0.3, -0.25) is 4.79 Å². The van der Waals surface area contributed by atoms with Gasteiger partial charge in [-0.2, -0.15) is 0 Å². The number of amides is 1. The monoisotopic (exact) mass is 317 g/mol. The lowest BCUT2D eigenvalue weighted by molar-refractivity contribution is 0.0957. The number of aryl methyl sites for hydroxylation is 1. The zero-order valence-electron chi connectivity index (χ0n) is 10.6. The van der Waals surface area contributed by atoms with Crippen molar-refractivity contribution < 1.29 is 4.79 Å². The Labute approximate surface area is 116 Å². The molecular formula is C13H20BrNOS. The van der Waals surface area contributed by atoms with Crippen LogP contribution in [0.5, 0.6) is 0 Å². The molecule has 1 unspecified atom stereocenters. The van der Waals surface area contributed by atoms with Crippen molar-refractivity contribution in [2.24, 2.45) is 5.92 Å². The first-order valence-electron chi connectivity index (χ1n) is 6.03. The van der Waals surface area contributed by atoms with Crippen LogP contribution in [0.15, 0.2) is 12.1 Å². The molecule has 0 bridgehead atoms. The molecule has 1 atom stereocenters. The summed E-state index contributed by atoms with van der Waals surface area (Å²) in [4.78, 5) is 14.3. The Balaban J connectivity index is 2.39. The van der Waals surface area contributed by atoms with Gasteiger partial charge in [0.1, 0.15) is 0 Å². The Hall–Kier alpha value is -0.350. The van der Waals surface area contributed by atoms with E-state index in [0.717, 1.165) is 17.7 Å². The quantitative estimate of drug-likeness (QED) is 0.793. The molecule has 0 saturated heterocycles. The molecule has 0 spiro atoms. The summed E-state index contributed by atoms with van der Waals surface area (Å²) in [5.74, 6) is 0.688. The third-order valence-electron chi connectivity index (χ3n) is 2.45. The fourth-order valence-electron chi connectivity index (χ4n) is 1.58. The van der Waals surface area contributed by atoms with Crippen LogP contribution >= 0.6 is 27.3 Å². The zero-order valence-corrected chi connectivity index (χ0v) is 13.0. The summed E-state index contributed by atoms with van der Waals surface area (Å²) in [6, 6.07) is 3.93. The first kappa shape index (κ1) is 14.7. The summed E-state index contributed by atoms with van der Waals surface area (Å²) in [5, 5.41) is 2.97. The zero-order chi connectivity index (χ0) is 12.8. The molecule has 0 fully saturated rings. The van der Waals surface area contributed by atoms with Crippen molar-refractivity contribution in [1.29, 1.82) is 0 Å². The van der Waals surface area contributed by atoms with Gasteiger partial charge in [0, 0.05) is 16.2 Å². The van der Waals surface area contributed by atoms with Crippen molar-refractivity contribution in [2.45, 2.75) is 38.4 Å². The molecule has 1 amide bonds. The van der Waals surface area contributed by atoms with Crippen molar-refractivity contribution in [3.63, 3.8) is 0 Å². The highest BCUT2D eigenvalue weighted by molar-refractivity contribution is 9.09. The first-order valence-corrected chi connectivity index (χ1v) is 7.77. The number of carbonyl (C=O) groups excluding carboxylic acids is 1. The third-order valence-corrected chi connectivity index (χ3v) is 4.37. The number of hydrogen-bond acceptors (Lipinski definition) is 2. The molecule has 0 aliphatic rings. The summed E-state index contributed by atoms with van der Waals surface area (Å²) >= 11 is 5.17. The van der Waals surface area contributed by atoms with Crippen molar-refractivity contribution in [1.82, 2.24) is 5.32 Å². The minimum absolute atomic E-state index is 0.0444. The average Bonchev–Trinajstić information content (AvgIpc) is 2.73. The predicted octanol–water partition coefficient (Wildman–Crippen LogP) is 3.85. The lowest BCUT2D eigenvalue weighted by atomic mass is 10.1. The van der Waals surface area contributed by atoms with Crippen molar-refractivity contribution in [3.05, 3.63) is 21.9 Å². The van der Waals surface area contributed by atoms with Crippen LogP contribution in [0.2, 0.25) is 0 Å². The maximum Gasteiger partial charge on any atom is 0.261 e. The summed E-state index contributed by atoms with van der Waals surface area (Å²) in [5.41, 5.74) is 0. The number of alkyl halides is 1. The molecule has 17 heavy (non-hydrogen) atoms. The molecule has 1 heterocycles. The molecule has 96 valence electrons. The summed E-state index contributed by atoms with van der Waals surface area (Å²) in [7, 11) is 0. The molecule has 0 aliphatic heterocycles. The lowest BCUT2D eigenvalue weighted by Crippen LogP contribution is -2.29. The van der Waals surface area contributed by atoms with Crippen LogP contribution in [-0.2, 0) is 6.42 Å². The van der Waals surface area contributed by atoms with Gasteiger partial charge >= 0.3 is 0 Å². The smallest absolute Gasteiger partial charge is 0.261 e. The third kappa shape index (κ3) is 5.21. The second-order valence-corrected chi connectivity index (χ2v) is 7.02. The van der Waals surface area contributed by atoms with Crippen molar-refractivity contribution >= 4 is 33.2 Å². The molecule has 0 aromatic carbocycles. The van der Waals surface area contributed by atoms with E-state index in [1.165, 1.54) is 4.88 Å². The topological polar surface area (TPSA) is 29.1 Å². The van der Waals surface area contributed by atoms with E-state index in [0.29, 0.717) is 17.3 Å². The molecule has 4 heteroatoms. The first-order chi connectivity index (χ1) is 8.02. The normalized spacial score (nSPS) is 12.8.